The first-order valence-electron chi connectivity index (χ1n) is 4.79. The van der Waals surface area contributed by atoms with E-state index in [0.717, 1.165) is 19.3 Å². The zero-order valence-corrected chi connectivity index (χ0v) is 8.65. The molecule has 0 aliphatic rings. The van der Waals surface area contributed by atoms with Gasteiger partial charge in [-0.1, -0.05) is 46.0 Å². The highest BCUT2D eigenvalue weighted by Crippen LogP contribution is 2.15. The van der Waals surface area contributed by atoms with Gasteiger partial charge < -0.3 is 5.11 Å². The minimum absolute atomic E-state index is 0.347. The molecule has 1 N–H and O–H groups in total. The lowest BCUT2D eigenvalue weighted by molar-refractivity contribution is 0.0866. The van der Waals surface area contributed by atoms with E-state index in [2.05, 4.69) is 18.8 Å². The fraction of sp³-hybridized carbons (Fsp3) is 0.818. The first-order valence-corrected chi connectivity index (χ1v) is 4.79. The fourth-order valence-electron chi connectivity index (χ4n) is 1.02. The first kappa shape index (κ1) is 11.5. The summed E-state index contributed by atoms with van der Waals surface area (Å²) < 4.78 is 0. The summed E-state index contributed by atoms with van der Waals surface area (Å²) in [6, 6.07) is 0. The van der Waals surface area contributed by atoms with Crippen LogP contribution in [-0.4, -0.2) is 10.7 Å². The van der Waals surface area contributed by atoms with E-state index in [1.807, 2.05) is 20.8 Å². The minimum Gasteiger partial charge on any atom is -0.378 e. The molecule has 0 aliphatic heterocycles. The second-order valence-corrected chi connectivity index (χ2v) is 3.56. The Morgan fingerprint density at radius 1 is 1.33 bits per heavy atom. The van der Waals surface area contributed by atoms with Crippen LogP contribution in [0.4, 0.5) is 0 Å². The molecule has 0 fully saturated rings. The largest absolute Gasteiger partial charge is 0.378 e. The monoisotopic (exact) mass is 168 g/mol. The zero-order chi connectivity index (χ0) is 9.61. The van der Waals surface area contributed by atoms with E-state index in [1.54, 1.807) is 0 Å². The van der Waals surface area contributed by atoms with Crippen molar-refractivity contribution in [2.45, 2.75) is 52.6 Å². The topological polar surface area (TPSA) is 20.2 Å². The maximum Gasteiger partial charge on any atom is 0.125 e. The highest BCUT2D eigenvalue weighted by atomic mass is 16.3. The van der Waals surface area contributed by atoms with Gasteiger partial charge in [0.15, 0.2) is 0 Å². The van der Waals surface area contributed by atoms with Crippen molar-refractivity contribution in [3.8, 4) is 11.8 Å². The summed E-state index contributed by atoms with van der Waals surface area (Å²) in [5.41, 5.74) is -0.737. The average molecular weight is 168 g/mol. The normalized spacial score (nSPS) is 15.2. The van der Waals surface area contributed by atoms with Crippen molar-refractivity contribution in [3.63, 3.8) is 0 Å². The van der Waals surface area contributed by atoms with E-state index in [4.69, 9.17) is 0 Å². The van der Waals surface area contributed by atoms with E-state index in [1.165, 1.54) is 0 Å². The van der Waals surface area contributed by atoms with Crippen LogP contribution in [-0.2, 0) is 0 Å². The van der Waals surface area contributed by atoms with Crippen LogP contribution in [0.3, 0.4) is 0 Å². The Morgan fingerprint density at radius 3 is 2.25 bits per heavy atom. The smallest absolute Gasteiger partial charge is 0.125 e. The molecule has 0 aliphatic carbocycles. The molecule has 0 aromatic heterocycles. The average Bonchev–Trinajstić information content (AvgIpc) is 2.02. The minimum atomic E-state index is -0.737. The van der Waals surface area contributed by atoms with Gasteiger partial charge in [-0.2, -0.15) is 0 Å². The lowest BCUT2D eigenvalue weighted by Gasteiger charge is -2.19. The predicted octanol–water partition coefficient (Wildman–Crippen LogP) is 2.59. The second-order valence-electron chi connectivity index (χ2n) is 3.56. The maximum atomic E-state index is 9.90. The van der Waals surface area contributed by atoms with Crippen molar-refractivity contribution >= 4 is 0 Å². The van der Waals surface area contributed by atoms with E-state index in [0.29, 0.717) is 5.92 Å². The van der Waals surface area contributed by atoms with Crippen LogP contribution in [0.15, 0.2) is 0 Å². The molecule has 0 aromatic carbocycles. The molecule has 0 spiro atoms. The van der Waals surface area contributed by atoms with Gasteiger partial charge in [0.1, 0.15) is 5.60 Å². The molecule has 0 saturated carbocycles. The summed E-state index contributed by atoms with van der Waals surface area (Å²) in [5.74, 6) is 6.32. The van der Waals surface area contributed by atoms with Crippen molar-refractivity contribution in [1.82, 2.24) is 0 Å². The van der Waals surface area contributed by atoms with Crippen LogP contribution < -0.4 is 0 Å². The van der Waals surface area contributed by atoms with Crippen molar-refractivity contribution < 1.29 is 5.11 Å². The van der Waals surface area contributed by atoms with Gasteiger partial charge in [0.05, 0.1) is 0 Å². The predicted molar refractivity (Wildman–Crippen MR) is 52.8 cm³/mol. The fourth-order valence-corrected chi connectivity index (χ4v) is 1.02. The summed E-state index contributed by atoms with van der Waals surface area (Å²) in [6.45, 7) is 8.12. The highest BCUT2D eigenvalue weighted by molar-refractivity contribution is 5.14. The Balaban J connectivity index is 4.25. The Labute approximate surface area is 76.2 Å². The molecule has 0 saturated heterocycles. The molecule has 70 valence electrons. The molecular formula is C11H20O. The van der Waals surface area contributed by atoms with Crippen LogP contribution in [0.1, 0.15) is 47.0 Å². The third-order valence-corrected chi connectivity index (χ3v) is 1.84. The summed E-state index contributed by atoms with van der Waals surface area (Å²) in [4.78, 5) is 0. The van der Waals surface area contributed by atoms with Crippen molar-refractivity contribution in [2.24, 2.45) is 5.92 Å². The maximum absolute atomic E-state index is 9.90. The molecule has 0 radical (unpaired) electrons. The van der Waals surface area contributed by atoms with E-state index in [9.17, 15) is 5.11 Å². The van der Waals surface area contributed by atoms with E-state index >= 15 is 0 Å². The van der Waals surface area contributed by atoms with E-state index in [-0.39, 0.29) is 0 Å². The van der Waals surface area contributed by atoms with Crippen LogP contribution in [0.25, 0.3) is 0 Å². The third-order valence-electron chi connectivity index (χ3n) is 1.84. The molecular weight excluding hydrogens is 148 g/mol. The quantitative estimate of drug-likeness (QED) is 0.642. The summed E-state index contributed by atoms with van der Waals surface area (Å²) >= 11 is 0. The lowest BCUT2D eigenvalue weighted by atomic mass is 9.95. The van der Waals surface area contributed by atoms with Gasteiger partial charge in [-0.3, -0.25) is 0 Å². The standard InChI is InChI=1S/C11H20O/c1-5-8-11(12,6-2)9-7-10(3)4/h10,12H,5-6,8H2,1-4H3. The Hall–Kier alpha value is -0.480. The molecule has 0 heterocycles. The Morgan fingerprint density at radius 2 is 1.92 bits per heavy atom. The summed E-state index contributed by atoms with van der Waals surface area (Å²) in [6.07, 6.45) is 2.49. The van der Waals surface area contributed by atoms with Gasteiger partial charge in [-0.05, 0) is 12.8 Å². The summed E-state index contributed by atoms with van der Waals surface area (Å²) in [5, 5.41) is 9.90. The SMILES string of the molecule is CCCC(O)(C#CC(C)C)CC. The number of hydrogen-bond acceptors (Lipinski definition) is 1. The van der Waals surface area contributed by atoms with Gasteiger partial charge in [0, 0.05) is 5.92 Å². The number of aliphatic hydroxyl groups is 1. The lowest BCUT2D eigenvalue weighted by Crippen LogP contribution is -2.25. The molecule has 1 heteroatoms. The number of rotatable bonds is 3. The zero-order valence-electron chi connectivity index (χ0n) is 8.65. The van der Waals surface area contributed by atoms with Gasteiger partial charge in [0.25, 0.3) is 0 Å². The molecule has 12 heavy (non-hydrogen) atoms. The molecule has 1 unspecified atom stereocenters. The van der Waals surface area contributed by atoms with Crippen LogP contribution in [0, 0.1) is 17.8 Å². The third kappa shape index (κ3) is 4.41. The van der Waals surface area contributed by atoms with E-state index < -0.39 is 5.60 Å². The molecule has 1 nitrogen and oxygen atoms in total. The van der Waals surface area contributed by atoms with Crippen LogP contribution in [0.5, 0.6) is 0 Å². The number of hydrogen-bond donors (Lipinski definition) is 1. The Kier molecular flexibility index (Phi) is 5.01. The molecule has 0 aromatic rings. The molecule has 1 atom stereocenters. The Bertz CT molecular complexity index is 173. The highest BCUT2D eigenvalue weighted by Gasteiger charge is 2.19. The van der Waals surface area contributed by atoms with Crippen LogP contribution in [0.2, 0.25) is 0 Å². The van der Waals surface area contributed by atoms with Gasteiger partial charge in [-0.25, -0.2) is 0 Å². The second kappa shape index (κ2) is 5.22. The van der Waals surface area contributed by atoms with Gasteiger partial charge in [-0.15, -0.1) is 0 Å². The van der Waals surface area contributed by atoms with Gasteiger partial charge >= 0.3 is 0 Å². The molecule has 0 rings (SSSR count). The first-order chi connectivity index (χ1) is 5.54. The summed E-state index contributed by atoms with van der Waals surface area (Å²) in [7, 11) is 0. The van der Waals surface area contributed by atoms with Crippen LogP contribution >= 0.6 is 0 Å². The van der Waals surface area contributed by atoms with Gasteiger partial charge in [0.2, 0.25) is 0 Å². The van der Waals surface area contributed by atoms with Crippen molar-refractivity contribution in [3.05, 3.63) is 0 Å². The van der Waals surface area contributed by atoms with Crippen molar-refractivity contribution in [1.29, 1.82) is 0 Å². The molecule has 0 amide bonds. The van der Waals surface area contributed by atoms with Crippen molar-refractivity contribution in [2.75, 3.05) is 0 Å². The molecule has 0 bridgehead atoms.